The number of hydrogen-bond acceptors (Lipinski definition) is 2. The van der Waals surface area contributed by atoms with E-state index in [0.29, 0.717) is 22.4 Å². The summed E-state index contributed by atoms with van der Waals surface area (Å²) in [6.45, 7) is 12.2. The summed E-state index contributed by atoms with van der Waals surface area (Å²) in [5.74, 6) is -0.200. The molecule has 2 rings (SSSR count). The van der Waals surface area contributed by atoms with Gasteiger partial charge in [-0.3, -0.25) is 4.79 Å². The SMILES string of the molecule is COc1cc(C(=O)NC(C)C)ccc1C(F)=C(C)C=CC1=C(C)CCCC1(C)C. The number of carbonyl (C=O) groups is 1. The molecule has 0 radical (unpaired) electrons. The molecular weight excluding hydrogens is 365 g/mol. The molecule has 0 saturated heterocycles. The third-order valence-corrected chi connectivity index (χ3v) is 5.51. The molecule has 4 heteroatoms. The number of nitrogens with one attached hydrogen (secondary N) is 1. The molecule has 0 spiro atoms. The van der Waals surface area contributed by atoms with Crippen LogP contribution in [0.4, 0.5) is 4.39 Å². The van der Waals surface area contributed by atoms with E-state index < -0.39 is 0 Å². The number of methoxy groups -OCH3 is 1. The lowest BCUT2D eigenvalue weighted by Gasteiger charge is -2.33. The molecule has 0 aliphatic heterocycles. The number of carbonyl (C=O) groups excluding carboxylic acids is 1. The Kier molecular flexibility index (Phi) is 7.45. The first-order valence-electron chi connectivity index (χ1n) is 10.3. The topological polar surface area (TPSA) is 38.3 Å². The molecule has 1 aromatic carbocycles. The summed E-state index contributed by atoms with van der Waals surface area (Å²) in [4.78, 5) is 12.2. The lowest BCUT2D eigenvalue weighted by Crippen LogP contribution is -2.30. The van der Waals surface area contributed by atoms with E-state index in [9.17, 15) is 4.79 Å². The number of allylic oxidation sites excluding steroid dienone is 5. The van der Waals surface area contributed by atoms with E-state index in [1.165, 1.54) is 24.7 Å². The van der Waals surface area contributed by atoms with Crippen LogP contribution in [0.15, 0.2) is 47.1 Å². The molecule has 0 bridgehead atoms. The zero-order valence-electron chi connectivity index (χ0n) is 18.8. The molecule has 0 atom stereocenters. The standard InChI is InChI=1S/C25H34FNO2/c1-16(2)27-24(28)19-11-12-20(22(15-19)29-7)23(26)18(4)10-13-21-17(3)9-8-14-25(21,5)6/h10-13,15-16H,8-9,14H2,1-7H3,(H,27,28). The monoisotopic (exact) mass is 399 g/mol. The van der Waals surface area contributed by atoms with Crippen LogP contribution in [0.25, 0.3) is 5.83 Å². The third-order valence-electron chi connectivity index (χ3n) is 5.51. The zero-order valence-corrected chi connectivity index (χ0v) is 18.8. The maximum atomic E-state index is 15.2. The van der Waals surface area contributed by atoms with Gasteiger partial charge in [0.05, 0.1) is 12.7 Å². The summed E-state index contributed by atoms with van der Waals surface area (Å²) in [5.41, 5.74) is 4.12. The van der Waals surface area contributed by atoms with Crippen LogP contribution in [0.1, 0.15) is 76.7 Å². The van der Waals surface area contributed by atoms with Crippen molar-refractivity contribution in [3.05, 3.63) is 58.2 Å². The Hall–Kier alpha value is -2.36. The van der Waals surface area contributed by atoms with Crippen LogP contribution in [0.3, 0.4) is 0 Å². The summed E-state index contributed by atoms with van der Waals surface area (Å²) in [6, 6.07) is 4.85. The molecule has 0 unspecified atom stereocenters. The Balaban J connectivity index is 2.35. The minimum atomic E-state index is -0.346. The first-order valence-corrected chi connectivity index (χ1v) is 10.3. The van der Waals surface area contributed by atoms with Crippen molar-refractivity contribution in [2.75, 3.05) is 7.11 Å². The van der Waals surface area contributed by atoms with E-state index in [0.717, 1.165) is 12.8 Å². The van der Waals surface area contributed by atoms with Crippen molar-refractivity contribution in [3.63, 3.8) is 0 Å². The largest absolute Gasteiger partial charge is 0.496 e. The van der Waals surface area contributed by atoms with Crippen molar-refractivity contribution >= 4 is 11.7 Å². The van der Waals surface area contributed by atoms with Gasteiger partial charge in [0.15, 0.2) is 0 Å². The second kappa shape index (κ2) is 9.43. The maximum absolute atomic E-state index is 15.2. The number of amides is 1. The van der Waals surface area contributed by atoms with Crippen molar-refractivity contribution in [2.24, 2.45) is 5.41 Å². The van der Waals surface area contributed by atoms with Crippen LogP contribution in [0.2, 0.25) is 0 Å². The molecule has 0 heterocycles. The van der Waals surface area contributed by atoms with Gasteiger partial charge in [-0.1, -0.05) is 31.6 Å². The summed E-state index contributed by atoms with van der Waals surface area (Å²) in [5, 5.41) is 2.83. The molecule has 0 fully saturated rings. The summed E-state index contributed by atoms with van der Waals surface area (Å²) in [6.07, 6.45) is 7.35. The average molecular weight is 400 g/mol. The highest BCUT2D eigenvalue weighted by Gasteiger charge is 2.26. The number of ether oxygens (including phenoxy) is 1. The highest BCUT2D eigenvalue weighted by atomic mass is 19.1. The van der Waals surface area contributed by atoms with E-state index in [1.807, 2.05) is 19.9 Å². The van der Waals surface area contributed by atoms with Gasteiger partial charge in [-0.25, -0.2) is 4.39 Å². The second-order valence-corrected chi connectivity index (χ2v) is 8.80. The van der Waals surface area contributed by atoms with E-state index in [2.05, 4.69) is 32.2 Å². The van der Waals surface area contributed by atoms with Gasteiger partial charge in [0, 0.05) is 11.6 Å². The maximum Gasteiger partial charge on any atom is 0.251 e. The predicted molar refractivity (Wildman–Crippen MR) is 119 cm³/mol. The first kappa shape index (κ1) is 22.9. The Morgan fingerprint density at radius 3 is 2.59 bits per heavy atom. The Morgan fingerprint density at radius 1 is 1.31 bits per heavy atom. The molecule has 3 nitrogen and oxygen atoms in total. The van der Waals surface area contributed by atoms with Crippen LogP contribution >= 0.6 is 0 Å². The quantitative estimate of drug-likeness (QED) is 0.546. The van der Waals surface area contributed by atoms with E-state index in [-0.39, 0.29) is 23.2 Å². The molecule has 158 valence electrons. The van der Waals surface area contributed by atoms with Gasteiger partial charge in [-0.2, -0.15) is 0 Å². The third kappa shape index (κ3) is 5.59. The first-order chi connectivity index (χ1) is 13.6. The van der Waals surface area contributed by atoms with Crippen molar-refractivity contribution in [1.82, 2.24) is 5.32 Å². The lowest BCUT2D eigenvalue weighted by atomic mass is 9.72. The molecule has 1 amide bonds. The van der Waals surface area contributed by atoms with Gasteiger partial charge >= 0.3 is 0 Å². The van der Waals surface area contributed by atoms with Crippen LogP contribution in [-0.2, 0) is 0 Å². The van der Waals surface area contributed by atoms with Crippen LogP contribution in [0, 0.1) is 5.41 Å². The molecule has 1 aliphatic rings. The molecule has 0 aromatic heterocycles. The van der Waals surface area contributed by atoms with E-state index in [4.69, 9.17) is 4.74 Å². The van der Waals surface area contributed by atoms with Crippen molar-refractivity contribution in [2.45, 2.75) is 66.8 Å². The van der Waals surface area contributed by atoms with Crippen LogP contribution < -0.4 is 10.1 Å². The molecular formula is C25H34FNO2. The highest BCUT2D eigenvalue weighted by molar-refractivity contribution is 5.95. The van der Waals surface area contributed by atoms with Gasteiger partial charge in [-0.15, -0.1) is 0 Å². The Morgan fingerprint density at radius 2 is 2.00 bits per heavy atom. The van der Waals surface area contributed by atoms with Gasteiger partial charge in [-0.05, 0) is 81.7 Å². The second-order valence-electron chi connectivity index (χ2n) is 8.80. The predicted octanol–water partition coefficient (Wildman–Crippen LogP) is 6.62. The summed E-state index contributed by atoms with van der Waals surface area (Å²) < 4.78 is 20.6. The van der Waals surface area contributed by atoms with Crippen molar-refractivity contribution in [1.29, 1.82) is 0 Å². The number of halogens is 1. The van der Waals surface area contributed by atoms with Crippen LogP contribution in [0.5, 0.6) is 5.75 Å². The molecule has 0 saturated carbocycles. The normalized spacial score (nSPS) is 17.6. The van der Waals surface area contributed by atoms with Crippen LogP contribution in [-0.4, -0.2) is 19.1 Å². The zero-order chi connectivity index (χ0) is 21.8. The van der Waals surface area contributed by atoms with E-state index in [1.54, 1.807) is 25.1 Å². The van der Waals surface area contributed by atoms with Gasteiger partial charge in [0.25, 0.3) is 5.91 Å². The summed E-state index contributed by atoms with van der Waals surface area (Å²) >= 11 is 0. The number of rotatable bonds is 6. The van der Waals surface area contributed by atoms with E-state index >= 15 is 4.39 Å². The fraction of sp³-hybridized carbons (Fsp3) is 0.480. The van der Waals surface area contributed by atoms with Crippen molar-refractivity contribution < 1.29 is 13.9 Å². The van der Waals surface area contributed by atoms with Gasteiger partial charge < -0.3 is 10.1 Å². The Bertz CT molecular complexity index is 860. The molecule has 1 aromatic rings. The molecule has 1 aliphatic carbocycles. The van der Waals surface area contributed by atoms with Gasteiger partial charge in [0.2, 0.25) is 0 Å². The van der Waals surface area contributed by atoms with Gasteiger partial charge in [0.1, 0.15) is 11.6 Å². The lowest BCUT2D eigenvalue weighted by molar-refractivity contribution is 0.0942. The fourth-order valence-electron chi connectivity index (χ4n) is 3.86. The minimum absolute atomic E-state index is 0.0268. The average Bonchev–Trinajstić information content (AvgIpc) is 2.65. The smallest absolute Gasteiger partial charge is 0.251 e. The Labute approximate surface area is 174 Å². The number of hydrogen-bond donors (Lipinski definition) is 1. The molecule has 1 N–H and O–H groups in total. The summed E-state index contributed by atoms with van der Waals surface area (Å²) in [7, 11) is 1.49. The molecule has 29 heavy (non-hydrogen) atoms. The minimum Gasteiger partial charge on any atom is -0.496 e. The highest BCUT2D eigenvalue weighted by Crippen LogP contribution is 2.41. The fourth-order valence-corrected chi connectivity index (χ4v) is 3.86. The number of benzene rings is 1. The van der Waals surface area contributed by atoms with Crippen molar-refractivity contribution in [3.8, 4) is 5.75 Å².